The van der Waals surface area contributed by atoms with E-state index in [4.69, 9.17) is 4.74 Å². The molecule has 1 aromatic heterocycles. The van der Waals surface area contributed by atoms with Gasteiger partial charge in [0.2, 0.25) is 5.91 Å². The summed E-state index contributed by atoms with van der Waals surface area (Å²) in [4.78, 5) is 33.2. The van der Waals surface area contributed by atoms with Crippen LogP contribution in [-0.2, 0) is 9.53 Å². The monoisotopic (exact) mass is 345 g/mol. The van der Waals surface area contributed by atoms with Gasteiger partial charge in [0.05, 0.1) is 17.6 Å². The third kappa shape index (κ3) is 4.27. The number of likely N-dealkylation sites (tertiary alicyclic amines) is 1. The number of hydrogen-bond acceptors (Lipinski definition) is 4. The lowest BCUT2D eigenvalue weighted by Crippen LogP contribution is -2.34. The average molecular weight is 345 g/mol. The van der Waals surface area contributed by atoms with E-state index in [9.17, 15) is 9.59 Å². The van der Waals surface area contributed by atoms with Gasteiger partial charge >= 0.3 is 6.03 Å². The first kappa shape index (κ1) is 17.2. The van der Waals surface area contributed by atoms with Gasteiger partial charge in [0.25, 0.3) is 0 Å². The fourth-order valence-electron chi connectivity index (χ4n) is 3.04. The third-order valence-electron chi connectivity index (χ3n) is 4.27. The highest BCUT2D eigenvalue weighted by atomic mass is 16.5. The summed E-state index contributed by atoms with van der Waals surface area (Å²) in [5.41, 5.74) is 2.44. The van der Waals surface area contributed by atoms with Crippen molar-refractivity contribution in [2.45, 2.75) is 13.3 Å². The molecule has 0 spiro atoms. The molecule has 8 nitrogen and oxygen atoms in total. The highest BCUT2D eigenvalue weighted by Gasteiger charge is 2.29. The van der Waals surface area contributed by atoms with Crippen LogP contribution in [0.5, 0.6) is 0 Å². The van der Waals surface area contributed by atoms with Crippen molar-refractivity contribution in [1.82, 2.24) is 20.2 Å². The van der Waals surface area contributed by atoms with Gasteiger partial charge in [0.1, 0.15) is 5.82 Å². The molecule has 1 aromatic carbocycles. The maximum Gasteiger partial charge on any atom is 0.319 e. The van der Waals surface area contributed by atoms with E-state index >= 15 is 0 Å². The Kier molecular flexibility index (Phi) is 5.18. The van der Waals surface area contributed by atoms with E-state index < -0.39 is 0 Å². The second-order valence-electron chi connectivity index (χ2n) is 6.29. The lowest BCUT2D eigenvalue weighted by atomic mass is 10.1. The van der Waals surface area contributed by atoms with Crippen molar-refractivity contribution in [1.29, 1.82) is 0 Å². The summed E-state index contributed by atoms with van der Waals surface area (Å²) in [5.74, 6) is 1.08. The number of imidazole rings is 1. The van der Waals surface area contributed by atoms with Crippen LogP contribution in [0.4, 0.5) is 10.5 Å². The van der Waals surface area contributed by atoms with Crippen molar-refractivity contribution >= 4 is 28.7 Å². The van der Waals surface area contributed by atoms with Gasteiger partial charge in [-0.1, -0.05) is 0 Å². The zero-order chi connectivity index (χ0) is 17.8. The molecule has 25 heavy (non-hydrogen) atoms. The number of aromatic nitrogens is 2. The van der Waals surface area contributed by atoms with Crippen LogP contribution in [0.25, 0.3) is 11.0 Å². The lowest BCUT2D eigenvalue weighted by molar-refractivity contribution is -0.128. The molecule has 1 saturated heterocycles. The van der Waals surface area contributed by atoms with Gasteiger partial charge in [0, 0.05) is 44.8 Å². The molecule has 3 amide bonds. The molecule has 2 aromatic rings. The van der Waals surface area contributed by atoms with Crippen LogP contribution in [0.15, 0.2) is 18.2 Å². The zero-order valence-electron chi connectivity index (χ0n) is 14.5. The lowest BCUT2D eigenvalue weighted by Gasteiger charge is -2.16. The summed E-state index contributed by atoms with van der Waals surface area (Å²) >= 11 is 0. The highest BCUT2D eigenvalue weighted by molar-refractivity contribution is 5.92. The van der Waals surface area contributed by atoms with Gasteiger partial charge in [-0.3, -0.25) is 4.79 Å². The maximum absolute atomic E-state index is 12.1. The number of carbonyl (C=O) groups is 2. The number of ether oxygens (including phenoxy) is 1. The van der Waals surface area contributed by atoms with Crippen LogP contribution < -0.4 is 10.6 Å². The van der Waals surface area contributed by atoms with Crippen LogP contribution in [0.2, 0.25) is 0 Å². The standard InChI is InChI=1S/C17H23N5O3/c1-11-19-14-4-3-13(8-15(14)20-11)21-17(24)18-9-12-7-16(23)22(10-12)5-6-25-2/h3-4,8,12H,5-7,9-10H2,1-2H3,(H,19,20)(H2,18,21,24)/t12-/m1/s1. The number of carbonyl (C=O) groups excluding carboxylic acids is 2. The van der Waals surface area contributed by atoms with E-state index in [0.29, 0.717) is 38.3 Å². The van der Waals surface area contributed by atoms with E-state index in [-0.39, 0.29) is 17.9 Å². The largest absolute Gasteiger partial charge is 0.383 e. The Balaban J connectivity index is 1.48. The number of hydrogen-bond donors (Lipinski definition) is 3. The van der Waals surface area contributed by atoms with Crippen molar-refractivity contribution in [3.8, 4) is 0 Å². The second kappa shape index (κ2) is 7.52. The number of amides is 3. The number of rotatable bonds is 6. The molecule has 1 aliphatic rings. The van der Waals surface area contributed by atoms with Crippen molar-refractivity contribution in [3.05, 3.63) is 24.0 Å². The summed E-state index contributed by atoms with van der Waals surface area (Å²) in [6.45, 7) is 4.14. The van der Waals surface area contributed by atoms with Crippen LogP contribution >= 0.6 is 0 Å². The first-order chi connectivity index (χ1) is 12.0. The molecule has 0 aliphatic carbocycles. The van der Waals surface area contributed by atoms with E-state index in [1.807, 2.05) is 25.1 Å². The Morgan fingerprint density at radius 2 is 2.32 bits per heavy atom. The molecule has 0 unspecified atom stereocenters. The normalized spacial score (nSPS) is 17.3. The van der Waals surface area contributed by atoms with Gasteiger partial charge in [-0.2, -0.15) is 0 Å². The summed E-state index contributed by atoms with van der Waals surface area (Å²) in [5, 5.41) is 5.65. The molecular weight excluding hydrogens is 322 g/mol. The van der Waals surface area contributed by atoms with Crippen molar-refractivity contribution in [2.75, 3.05) is 38.7 Å². The summed E-state index contributed by atoms with van der Waals surface area (Å²) in [6.07, 6.45) is 0.462. The number of methoxy groups -OCH3 is 1. The highest BCUT2D eigenvalue weighted by Crippen LogP contribution is 2.18. The number of nitrogens with zero attached hydrogens (tertiary/aromatic N) is 2. The molecule has 1 fully saturated rings. The number of anilines is 1. The number of nitrogens with one attached hydrogen (secondary N) is 3. The Labute approximate surface area is 145 Å². The van der Waals surface area contributed by atoms with Crippen LogP contribution in [0, 0.1) is 12.8 Å². The van der Waals surface area contributed by atoms with E-state index in [1.165, 1.54) is 0 Å². The third-order valence-corrected chi connectivity index (χ3v) is 4.27. The Morgan fingerprint density at radius 1 is 1.48 bits per heavy atom. The maximum atomic E-state index is 12.1. The molecule has 1 aliphatic heterocycles. The molecule has 0 bridgehead atoms. The smallest absolute Gasteiger partial charge is 0.319 e. The van der Waals surface area contributed by atoms with E-state index in [0.717, 1.165) is 16.9 Å². The van der Waals surface area contributed by atoms with Gasteiger partial charge in [-0.25, -0.2) is 9.78 Å². The van der Waals surface area contributed by atoms with Crippen molar-refractivity contribution in [3.63, 3.8) is 0 Å². The van der Waals surface area contributed by atoms with Gasteiger partial charge < -0.3 is 25.3 Å². The fourth-order valence-corrected chi connectivity index (χ4v) is 3.04. The quantitative estimate of drug-likeness (QED) is 0.738. The van der Waals surface area contributed by atoms with Crippen LogP contribution in [0.3, 0.4) is 0 Å². The molecule has 0 saturated carbocycles. The van der Waals surface area contributed by atoms with Gasteiger partial charge in [-0.15, -0.1) is 0 Å². The fraction of sp³-hybridized carbons (Fsp3) is 0.471. The molecule has 1 atom stereocenters. The molecule has 3 N–H and O–H groups in total. The Bertz CT molecular complexity index is 773. The second-order valence-corrected chi connectivity index (χ2v) is 6.29. The van der Waals surface area contributed by atoms with Gasteiger partial charge in [-0.05, 0) is 25.1 Å². The number of aromatic amines is 1. The SMILES string of the molecule is COCCN1C[C@@H](CNC(=O)Nc2ccc3nc(C)[nH]c3c2)CC1=O. The summed E-state index contributed by atoms with van der Waals surface area (Å²) in [7, 11) is 1.62. The molecule has 2 heterocycles. The Morgan fingerprint density at radius 3 is 3.12 bits per heavy atom. The number of urea groups is 1. The minimum atomic E-state index is -0.279. The number of aryl methyl sites for hydroxylation is 1. The van der Waals surface area contributed by atoms with E-state index in [1.54, 1.807) is 12.0 Å². The van der Waals surface area contributed by atoms with Crippen LogP contribution in [0.1, 0.15) is 12.2 Å². The van der Waals surface area contributed by atoms with Crippen molar-refractivity contribution < 1.29 is 14.3 Å². The molecule has 134 valence electrons. The minimum absolute atomic E-state index is 0.115. The first-order valence-electron chi connectivity index (χ1n) is 8.33. The number of H-pyrrole nitrogens is 1. The molecule has 3 rings (SSSR count). The number of fused-ring (bicyclic) bond motifs is 1. The average Bonchev–Trinajstić information content (AvgIpc) is 3.12. The Hall–Kier alpha value is -2.61. The minimum Gasteiger partial charge on any atom is -0.383 e. The molecular formula is C17H23N5O3. The van der Waals surface area contributed by atoms with Crippen LogP contribution in [-0.4, -0.2) is 60.2 Å². The molecule has 0 radical (unpaired) electrons. The predicted molar refractivity (Wildman–Crippen MR) is 94.4 cm³/mol. The topological polar surface area (TPSA) is 99.3 Å². The summed E-state index contributed by atoms with van der Waals surface area (Å²) in [6, 6.07) is 5.24. The number of benzene rings is 1. The summed E-state index contributed by atoms with van der Waals surface area (Å²) < 4.78 is 5.00. The first-order valence-corrected chi connectivity index (χ1v) is 8.33. The van der Waals surface area contributed by atoms with Crippen molar-refractivity contribution in [2.24, 2.45) is 5.92 Å². The molecule has 8 heteroatoms. The zero-order valence-corrected chi connectivity index (χ0v) is 14.5. The predicted octanol–water partition coefficient (Wildman–Crippen LogP) is 1.49. The van der Waals surface area contributed by atoms with E-state index in [2.05, 4.69) is 20.6 Å². The van der Waals surface area contributed by atoms with Gasteiger partial charge in [0.15, 0.2) is 0 Å².